The first kappa shape index (κ1) is 16.3. The summed E-state index contributed by atoms with van der Waals surface area (Å²) in [5.41, 5.74) is -1.73. The molecule has 24 heavy (non-hydrogen) atoms. The molecule has 0 aromatic carbocycles. The summed E-state index contributed by atoms with van der Waals surface area (Å²) >= 11 is 0. The highest BCUT2D eigenvalue weighted by molar-refractivity contribution is 5.75. The lowest BCUT2D eigenvalue weighted by Gasteiger charge is -2.17. The Morgan fingerprint density at radius 3 is 2.71 bits per heavy atom. The molecule has 2 unspecified atom stereocenters. The van der Waals surface area contributed by atoms with Crippen LogP contribution in [0.3, 0.4) is 0 Å². The van der Waals surface area contributed by atoms with Crippen LogP contribution in [0.5, 0.6) is 0 Å². The second-order valence-electron chi connectivity index (χ2n) is 5.16. The first-order chi connectivity index (χ1) is 11.5. The molecule has 0 spiro atoms. The van der Waals surface area contributed by atoms with Crippen LogP contribution in [0.2, 0.25) is 0 Å². The molecule has 1 fully saturated rings. The molecule has 4 atom stereocenters. The Hall–Kier alpha value is -2.60. The van der Waals surface area contributed by atoms with E-state index in [2.05, 4.69) is 9.97 Å². The molecule has 0 saturated carbocycles. The van der Waals surface area contributed by atoms with Crippen molar-refractivity contribution in [2.45, 2.75) is 24.5 Å². The number of nitrogens with one attached hydrogen (secondary N) is 1. The van der Waals surface area contributed by atoms with Gasteiger partial charge in [0.25, 0.3) is 5.56 Å². The highest BCUT2D eigenvalue weighted by Crippen LogP contribution is 2.30. The fourth-order valence-electron chi connectivity index (χ4n) is 2.62. The minimum atomic E-state index is -1.42. The Kier molecular flexibility index (Phi) is 4.15. The van der Waals surface area contributed by atoms with E-state index in [-0.39, 0.29) is 11.2 Å². The van der Waals surface area contributed by atoms with Gasteiger partial charge in [0.05, 0.1) is 12.9 Å². The van der Waals surface area contributed by atoms with Gasteiger partial charge in [0.15, 0.2) is 17.4 Å². The number of aromatic amines is 1. The van der Waals surface area contributed by atoms with Gasteiger partial charge >= 0.3 is 5.69 Å². The smallest absolute Gasteiger partial charge is 0.334 e. The third-order valence-electron chi connectivity index (χ3n) is 3.76. The molecule has 11 heteroatoms. The van der Waals surface area contributed by atoms with E-state index >= 15 is 0 Å². The molecule has 0 amide bonds. The van der Waals surface area contributed by atoms with Crippen LogP contribution in [0.15, 0.2) is 22.0 Å². The number of aliphatic hydroxyl groups is 3. The number of aliphatic hydroxyl groups excluding tert-OH is 3. The number of ether oxygens (including phenoxy) is 1. The summed E-state index contributed by atoms with van der Waals surface area (Å²) in [5.74, 6) is 0. The van der Waals surface area contributed by atoms with Crippen molar-refractivity contribution in [3.8, 4) is 0 Å². The number of hydrogen-bond acceptors (Lipinski definition) is 8. The molecule has 128 valence electrons. The Bertz CT molecular complexity index is 911. The number of H-pyrrole nitrogens is 1. The summed E-state index contributed by atoms with van der Waals surface area (Å²) in [6, 6.07) is 0. The minimum Gasteiger partial charge on any atom is -0.394 e. The molecule has 2 aromatic rings. The average Bonchev–Trinajstić information content (AvgIpc) is 3.10. The molecular formula is C13H14N4O7. The van der Waals surface area contributed by atoms with Crippen LogP contribution in [0.1, 0.15) is 6.23 Å². The molecule has 1 aliphatic rings. The van der Waals surface area contributed by atoms with Gasteiger partial charge in [0.1, 0.15) is 24.6 Å². The largest absolute Gasteiger partial charge is 0.394 e. The predicted molar refractivity (Wildman–Crippen MR) is 79.0 cm³/mol. The van der Waals surface area contributed by atoms with Gasteiger partial charge in [-0.05, 0) is 6.08 Å². The molecule has 0 radical (unpaired) electrons. The molecule has 11 nitrogen and oxygen atoms in total. The van der Waals surface area contributed by atoms with Crippen molar-refractivity contribution in [1.29, 1.82) is 0 Å². The van der Waals surface area contributed by atoms with E-state index in [0.717, 1.165) is 23.2 Å². The molecule has 1 saturated heterocycles. The van der Waals surface area contributed by atoms with Crippen LogP contribution in [0.25, 0.3) is 17.4 Å². The van der Waals surface area contributed by atoms with E-state index in [4.69, 9.17) is 9.84 Å². The van der Waals surface area contributed by atoms with E-state index in [1.165, 1.54) is 4.57 Å². The number of imidazole rings is 1. The summed E-state index contributed by atoms with van der Waals surface area (Å²) in [7, 11) is 0. The molecule has 3 heterocycles. The van der Waals surface area contributed by atoms with Crippen molar-refractivity contribution in [2.75, 3.05) is 6.61 Å². The van der Waals surface area contributed by atoms with E-state index in [9.17, 15) is 24.6 Å². The molecular weight excluding hydrogens is 324 g/mol. The topological polar surface area (TPSA) is 160 Å². The second-order valence-corrected chi connectivity index (χ2v) is 5.16. The van der Waals surface area contributed by atoms with Gasteiger partial charge in [-0.2, -0.15) is 0 Å². The Morgan fingerprint density at radius 2 is 2.08 bits per heavy atom. The maximum absolute atomic E-state index is 12.0. The Morgan fingerprint density at radius 1 is 1.33 bits per heavy atom. The Balaban J connectivity index is 2.23. The standard InChI is InChI=1S/C13H14N4O7/c18-3-1-2-16-11-7(10(22)15-13(16)23)14-5-17(11)12-9(21)8(20)6(4-19)24-12/h1-3,5-6,8-9,12,19-21H,4H2,(H,15,22,23)/t6-,8?,9?,12-/m0/s1. The maximum atomic E-state index is 12.0. The van der Waals surface area contributed by atoms with Gasteiger partial charge in [0.2, 0.25) is 0 Å². The minimum absolute atomic E-state index is 0.0308. The summed E-state index contributed by atoms with van der Waals surface area (Å²) in [6.45, 7) is -0.528. The maximum Gasteiger partial charge on any atom is 0.334 e. The van der Waals surface area contributed by atoms with Gasteiger partial charge in [-0.25, -0.2) is 9.78 Å². The number of hydrogen-bond donors (Lipinski definition) is 4. The lowest BCUT2D eigenvalue weighted by Crippen LogP contribution is -2.33. The second kappa shape index (κ2) is 6.13. The number of aromatic nitrogens is 4. The number of rotatable bonds is 4. The number of fused-ring (bicyclic) bond motifs is 1. The summed E-state index contributed by atoms with van der Waals surface area (Å²) in [6.07, 6.45) is -1.24. The molecule has 3 rings (SSSR count). The number of nitrogens with zero attached hydrogens (tertiary/aromatic N) is 3. The van der Waals surface area contributed by atoms with Crippen LogP contribution < -0.4 is 11.2 Å². The van der Waals surface area contributed by atoms with Crippen LogP contribution in [0, 0.1) is 0 Å². The average molecular weight is 338 g/mol. The van der Waals surface area contributed by atoms with E-state index in [1.54, 1.807) is 0 Å². The van der Waals surface area contributed by atoms with Gasteiger partial charge < -0.3 is 20.1 Å². The van der Waals surface area contributed by atoms with Crippen LogP contribution in [0.4, 0.5) is 0 Å². The monoisotopic (exact) mass is 338 g/mol. The van der Waals surface area contributed by atoms with Crippen LogP contribution in [-0.4, -0.2) is 65.6 Å². The zero-order chi connectivity index (χ0) is 17.4. The van der Waals surface area contributed by atoms with Crippen LogP contribution in [-0.2, 0) is 9.53 Å². The Labute approximate surface area is 133 Å². The summed E-state index contributed by atoms with van der Waals surface area (Å²) in [4.78, 5) is 40.3. The highest BCUT2D eigenvalue weighted by Gasteiger charge is 2.44. The first-order valence-electron chi connectivity index (χ1n) is 6.95. The number of aldehydes is 1. The van der Waals surface area contributed by atoms with E-state index in [1.807, 2.05) is 0 Å². The number of allylic oxidation sites excluding steroid dienone is 1. The number of carbonyl (C=O) groups is 1. The predicted octanol–water partition coefficient (Wildman–Crippen LogP) is -2.83. The van der Waals surface area contributed by atoms with E-state index in [0.29, 0.717) is 6.29 Å². The van der Waals surface area contributed by atoms with Gasteiger partial charge in [-0.15, -0.1) is 0 Å². The van der Waals surface area contributed by atoms with E-state index < -0.39 is 42.4 Å². The summed E-state index contributed by atoms with van der Waals surface area (Å²) < 4.78 is 7.51. The zero-order valence-corrected chi connectivity index (χ0v) is 12.1. The SMILES string of the molecule is O=CC=Cn1c(=O)[nH]c(=O)c2ncn([C@H]3O[C@@H](CO)C(O)C3O)c21. The van der Waals surface area contributed by atoms with Crippen molar-refractivity contribution < 1.29 is 24.9 Å². The highest BCUT2D eigenvalue weighted by atomic mass is 16.6. The van der Waals surface area contributed by atoms with Gasteiger partial charge in [0, 0.05) is 6.20 Å². The van der Waals surface area contributed by atoms with Crippen molar-refractivity contribution in [1.82, 2.24) is 19.1 Å². The molecule has 0 bridgehead atoms. The molecule has 4 N–H and O–H groups in total. The third kappa shape index (κ3) is 2.39. The lowest BCUT2D eigenvalue weighted by atomic mass is 10.1. The lowest BCUT2D eigenvalue weighted by molar-refractivity contribution is -0.104. The van der Waals surface area contributed by atoms with Gasteiger partial charge in [-0.1, -0.05) is 0 Å². The van der Waals surface area contributed by atoms with Crippen molar-refractivity contribution in [3.05, 3.63) is 33.2 Å². The molecule has 0 aliphatic carbocycles. The summed E-state index contributed by atoms with van der Waals surface area (Å²) in [5, 5.41) is 29.1. The fraction of sp³-hybridized carbons (Fsp3) is 0.385. The molecule has 2 aromatic heterocycles. The normalized spacial score (nSPS) is 27.3. The number of carbonyl (C=O) groups excluding carboxylic acids is 1. The van der Waals surface area contributed by atoms with Crippen molar-refractivity contribution >= 4 is 23.6 Å². The third-order valence-corrected chi connectivity index (χ3v) is 3.76. The van der Waals surface area contributed by atoms with Crippen molar-refractivity contribution in [2.24, 2.45) is 0 Å². The molecule has 1 aliphatic heterocycles. The van der Waals surface area contributed by atoms with Gasteiger partial charge in [-0.3, -0.25) is 23.7 Å². The van der Waals surface area contributed by atoms with Crippen LogP contribution >= 0.6 is 0 Å². The first-order valence-corrected chi connectivity index (χ1v) is 6.95. The quantitative estimate of drug-likeness (QED) is 0.343. The fourth-order valence-corrected chi connectivity index (χ4v) is 2.62. The van der Waals surface area contributed by atoms with Crippen molar-refractivity contribution in [3.63, 3.8) is 0 Å². The zero-order valence-electron chi connectivity index (χ0n) is 12.1.